The van der Waals surface area contributed by atoms with Crippen molar-refractivity contribution < 1.29 is 17.2 Å². The molecule has 3 aliphatic rings. The van der Waals surface area contributed by atoms with Gasteiger partial charge in [0, 0.05) is 2.85 Å². The second-order valence-corrected chi connectivity index (χ2v) is 5.19. The largest absolute Gasteiger partial charge is 0.373 e. The number of anilines is 1. The number of carbonyl (C=O) groups excluding carboxylic acids is 2. The molecule has 2 amide bonds. The zero-order valence-corrected chi connectivity index (χ0v) is 9.78. The van der Waals surface area contributed by atoms with Crippen LogP contribution in [0.1, 0.15) is 15.7 Å². The van der Waals surface area contributed by atoms with Crippen LogP contribution < -0.4 is 4.90 Å². The number of para-hydroxylation sites is 1. The van der Waals surface area contributed by atoms with Crippen LogP contribution >= 0.6 is 0 Å². The second-order valence-electron chi connectivity index (χ2n) is 5.19. The molecule has 0 aromatic heterocycles. The van der Waals surface area contributed by atoms with Crippen molar-refractivity contribution in [3.63, 3.8) is 0 Å². The van der Waals surface area contributed by atoms with Crippen LogP contribution in [0.25, 0.3) is 0 Å². The molecule has 3 fully saturated rings. The Bertz CT molecular complexity index is 508. The van der Waals surface area contributed by atoms with Crippen molar-refractivity contribution in [1.82, 2.24) is 0 Å². The monoisotopic (exact) mass is 247 g/mol. The minimum Gasteiger partial charge on any atom is -0.373 e. The topological polar surface area (TPSA) is 46.6 Å². The quantitative estimate of drug-likeness (QED) is 0.711. The number of hydrogen-bond acceptors (Lipinski definition) is 3. The van der Waals surface area contributed by atoms with E-state index in [1.54, 1.807) is 12.1 Å². The van der Waals surface area contributed by atoms with E-state index in [0.29, 0.717) is 5.69 Å². The van der Waals surface area contributed by atoms with Crippen LogP contribution in [0.4, 0.5) is 5.69 Å². The highest BCUT2D eigenvalue weighted by Crippen LogP contribution is 2.49. The van der Waals surface area contributed by atoms with E-state index in [2.05, 4.69) is 0 Å². The zero-order valence-electron chi connectivity index (χ0n) is 9.78. The van der Waals surface area contributed by atoms with E-state index in [1.807, 2.05) is 18.2 Å². The SMILES string of the molecule is O=C1C2C(C(=O)N1c1ccccc1)[C@H]1CC[C@@H]2O1.[HH].[HH]. The summed E-state index contributed by atoms with van der Waals surface area (Å²) in [5.74, 6) is -0.639. The summed E-state index contributed by atoms with van der Waals surface area (Å²) in [4.78, 5) is 26.2. The first kappa shape index (κ1) is 10.3. The number of carbonyl (C=O) groups is 2. The highest BCUT2D eigenvalue weighted by Gasteiger charge is 2.62. The maximum atomic E-state index is 12.4. The average Bonchev–Trinajstić information content (AvgIpc) is 3.05. The van der Waals surface area contributed by atoms with Gasteiger partial charge in [-0.1, -0.05) is 18.2 Å². The van der Waals surface area contributed by atoms with E-state index in [0.717, 1.165) is 12.8 Å². The minimum atomic E-state index is -0.239. The summed E-state index contributed by atoms with van der Waals surface area (Å²) in [6, 6.07) is 9.17. The first-order chi connectivity index (χ1) is 8.77. The first-order valence-corrected chi connectivity index (χ1v) is 6.36. The van der Waals surface area contributed by atoms with Crippen molar-refractivity contribution in [2.75, 3.05) is 4.90 Å². The molecule has 4 heteroatoms. The first-order valence-electron chi connectivity index (χ1n) is 6.36. The van der Waals surface area contributed by atoms with Crippen LogP contribution in [0.5, 0.6) is 0 Å². The van der Waals surface area contributed by atoms with E-state index in [-0.39, 0.29) is 38.7 Å². The standard InChI is InChI=1S/C14H13NO3.2H2/c16-13-11-9-6-7-10(18-9)12(11)14(17)15(13)8-4-2-1-3-5-8;;/h1-5,9-12H,6-7H2;2*1H/t9-,10+,11?,12?;;. The molecule has 3 saturated heterocycles. The van der Waals surface area contributed by atoms with Gasteiger partial charge in [0.25, 0.3) is 0 Å². The molecule has 4 rings (SSSR count). The Hall–Kier alpha value is -1.68. The van der Waals surface area contributed by atoms with Crippen molar-refractivity contribution in [2.45, 2.75) is 25.0 Å². The number of imide groups is 1. The Kier molecular flexibility index (Phi) is 1.95. The van der Waals surface area contributed by atoms with Gasteiger partial charge in [0.1, 0.15) is 0 Å². The Balaban J connectivity index is 0.000000735. The van der Waals surface area contributed by atoms with Gasteiger partial charge < -0.3 is 4.74 Å². The molecule has 0 N–H and O–H groups in total. The Morgan fingerprint density at radius 3 is 2.11 bits per heavy atom. The molecule has 1 aromatic rings. The smallest absolute Gasteiger partial charge is 0.240 e. The van der Waals surface area contributed by atoms with Crippen molar-refractivity contribution in [2.24, 2.45) is 11.8 Å². The summed E-state index contributed by atoms with van der Waals surface area (Å²) in [6.07, 6.45) is 1.75. The van der Waals surface area contributed by atoms with Gasteiger partial charge in [-0.2, -0.15) is 0 Å². The van der Waals surface area contributed by atoms with Crippen LogP contribution in [-0.4, -0.2) is 24.0 Å². The second kappa shape index (κ2) is 3.42. The molecule has 96 valence electrons. The summed E-state index contributed by atoms with van der Waals surface area (Å²) in [6.45, 7) is 0. The lowest BCUT2D eigenvalue weighted by molar-refractivity contribution is -0.124. The molecular formula is C14H17NO3. The maximum absolute atomic E-state index is 12.4. The molecule has 4 nitrogen and oxygen atoms in total. The molecule has 0 radical (unpaired) electrons. The van der Waals surface area contributed by atoms with Gasteiger partial charge >= 0.3 is 0 Å². The number of benzene rings is 1. The van der Waals surface area contributed by atoms with Crippen LogP contribution in [0, 0.1) is 11.8 Å². The third-order valence-corrected chi connectivity index (χ3v) is 4.30. The van der Waals surface area contributed by atoms with Gasteiger partial charge in [0.05, 0.1) is 29.7 Å². The Morgan fingerprint density at radius 1 is 1.00 bits per heavy atom. The fourth-order valence-electron chi connectivity index (χ4n) is 3.54. The Labute approximate surface area is 107 Å². The van der Waals surface area contributed by atoms with Crippen LogP contribution in [0.2, 0.25) is 0 Å². The minimum absolute atomic E-state index is 0. The van der Waals surface area contributed by atoms with Gasteiger partial charge in [-0.25, -0.2) is 4.90 Å². The van der Waals surface area contributed by atoms with Crippen LogP contribution in [-0.2, 0) is 14.3 Å². The molecular weight excluding hydrogens is 230 g/mol. The molecule has 18 heavy (non-hydrogen) atoms. The summed E-state index contributed by atoms with van der Waals surface area (Å²) >= 11 is 0. The number of hydrogen-bond donors (Lipinski definition) is 0. The van der Waals surface area contributed by atoms with E-state index >= 15 is 0 Å². The average molecular weight is 247 g/mol. The normalized spacial score (nSPS) is 37.4. The molecule has 4 atom stereocenters. The van der Waals surface area contributed by atoms with Crippen molar-refractivity contribution in [3.05, 3.63) is 30.3 Å². The van der Waals surface area contributed by atoms with Crippen LogP contribution in [0.3, 0.4) is 0 Å². The molecule has 2 unspecified atom stereocenters. The van der Waals surface area contributed by atoms with Crippen LogP contribution in [0.15, 0.2) is 30.3 Å². The number of nitrogens with zero attached hydrogens (tertiary/aromatic N) is 1. The maximum Gasteiger partial charge on any atom is 0.240 e. The molecule has 1 aromatic carbocycles. The summed E-state index contributed by atoms with van der Waals surface area (Å²) in [5, 5.41) is 0. The fourth-order valence-corrected chi connectivity index (χ4v) is 3.54. The molecule has 0 saturated carbocycles. The fraction of sp³-hybridized carbons (Fsp3) is 0.429. The Morgan fingerprint density at radius 2 is 1.56 bits per heavy atom. The number of ether oxygens (including phenoxy) is 1. The lowest BCUT2D eigenvalue weighted by Crippen LogP contribution is -2.34. The van der Waals surface area contributed by atoms with E-state index < -0.39 is 0 Å². The van der Waals surface area contributed by atoms with E-state index in [4.69, 9.17) is 4.74 Å². The zero-order chi connectivity index (χ0) is 12.3. The molecule has 3 aliphatic heterocycles. The lowest BCUT2D eigenvalue weighted by Gasteiger charge is -2.17. The highest BCUT2D eigenvalue weighted by molar-refractivity contribution is 6.22. The molecule has 0 aliphatic carbocycles. The van der Waals surface area contributed by atoms with Gasteiger partial charge in [-0.05, 0) is 25.0 Å². The summed E-state index contributed by atoms with van der Waals surface area (Å²) < 4.78 is 5.70. The van der Waals surface area contributed by atoms with Gasteiger partial charge in [0.2, 0.25) is 11.8 Å². The number of fused-ring (bicyclic) bond motifs is 5. The van der Waals surface area contributed by atoms with E-state index in [9.17, 15) is 9.59 Å². The predicted octanol–water partition coefficient (Wildman–Crippen LogP) is 1.85. The molecule has 2 bridgehead atoms. The number of amides is 2. The van der Waals surface area contributed by atoms with E-state index in [1.165, 1.54) is 4.90 Å². The summed E-state index contributed by atoms with van der Waals surface area (Å²) in [7, 11) is 0. The highest BCUT2D eigenvalue weighted by atomic mass is 16.5. The third kappa shape index (κ3) is 1.13. The third-order valence-electron chi connectivity index (χ3n) is 4.30. The molecule has 0 spiro atoms. The van der Waals surface area contributed by atoms with Gasteiger partial charge in [-0.15, -0.1) is 0 Å². The van der Waals surface area contributed by atoms with Crippen molar-refractivity contribution >= 4 is 17.5 Å². The lowest BCUT2D eigenvalue weighted by atomic mass is 9.81. The number of rotatable bonds is 1. The predicted molar refractivity (Wildman–Crippen MR) is 68.0 cm³/mol. The summed E-state index contributed by atoms with van der Waals surface area (Å²) in [5.41, 5.74) is 0.682. The molecule has 3 heterocycles. The van der Waals surface area contributed by atoms with Gasteiger partial charge in [0.15, 0.2) is 0 Å². The van der Waals surface area contributed by atoms with Crippen molar-refractivity contribution in [3.8, 4) is 0 Å². The van der Waals surface area contributed by atoms with Crippen molar-refractivity contribution in [1.29, 1.82) is 0 Å². The van der Waals surface area contributed by atoms with Gasteiger partial charge in [-0.3, -0.25) is 9.59 Å².